The van der Waals surface area contributed by atoms with Crippen LogP contribution in [0.25, 0.3) is 0 Å². The van der Waals surface area contributed by atoms with Crippen LogP contribution in [0.5, 0.6) is 0 Å². The number of hydrogen-bond donors (Lipinski definition) is 2. The van der Waals surface area contributed by atoms with Gasteiger partial charge >= 0.3 is 0 Å². The normalized spacial score (nSPS) is 10.8. The molecule has 3 N–H and O–H groups in total. The van der Waals surface area contributed by atoms with Crippen molar-refractivity contribution < 1.29 is 4.74 Å². The first kappa shape index (κ1) is 14.5. The molecule has 0 unspecified atom stereocenters. The number of likely N-dealkylation sites (N-methyl/N-ethyl adjacent to an activating group) is 1. The first-order chi connectivity index (χ1) is 8.13. The Bertz CT molecular complexity index is 347. The Kier molecular flexibility index (Phi) is 6.61. The number of benzene rings is 1. The average Bonchev–Trinajstić information content (AvgIpc) is 2.29. The Morgan fingerprint density at radius 1 is 1.41 bits per heavy atom. The predicted octanol–water partition coefficient (Wildman–Crippen LogP) is 1.86. The van der Waals surface area contributed by atoms with Gasteiger partial charge in [-0.2, -0.15) is 0 Å². The lowest BCUT2D eigenvalue weighted by Gasteiger charge is -2.17. The van der Waals surface area contributed by atoms with Crippen LogP contribution in [-0.2, 0) is 4.74 Å². The summed E-state index contributed by atoms with van der Waals surface area (Å²) in [6.45, 7) is 3.56. The second-order valence-corrected chi connectivity index (χ2v) is 5.20. The molecule has 0 radical (unpaired) electrons. The van der Waals surface area contributed by atoms with E-state index in [1.165, 1.54) is 0 Å². The maximum Gasteiger partial charge on any atom is 0.0589 e. The summed E-state index contributed by atoms with van der Waals surface area (Å²) in [6.07, 6.45) is 0. The van der Waals surface area contributed by atoms with E-state index >= 15 is 0 Å². The van der Waals surface area contributed by atoms with Crippen molar-refractivity contribution in [2.45, 2.75) is 0 Å². The van der Waals surface area contributed by atoms with Gasteiger partial charge in [0.2, 0.25) is 0 Å². The maximum absolute atomic E-state index is 5.92. The highest BCUT2D eigenvalue weighted by Crippen LogP contribution is 2.20. The standard InChI is InChI=1S/C12H20IN3O/c1-16(7-8-17-2)6-5-15-12-4-3-10(13)9-11(12)14/h3-4,9,15H,5-8,14H2,1-2H3. The first-order valence-electron chi connectivity index (χ1n) is 5.60. The van der Waals surface area contributed by atoms with Crippen molar-refractivity contribution in [2.75, 3.05) is 51.4 Å². The van der Waals surface area contributed by atoms with E-state index in [4.69, 9.17) is 10.5 Å². The molecule has 0 aliphatic carbocycles. The third kappa shape index (κ3) is 5.56. The smallest absolute Gasteiger partial charge is 0.0589 e. The lowest BCUT2D eigenvalue weighted by Crippen LogP contribution is -2.28. The second-order valence-electron chi connectivity index (χ2n) is 3.95. The van der Waals surface area contributed by atoms with Crippen molar-refractivity contribution in [3.63, 3.8) is 0 Å². The van der Waals surface area contributed by atoms with Crippen molar-refractivity contribution in [1.29, 1.82) is 0 Å². The lowest BCUT2D eigenvalue weighted by molar-refractivity contribution is 0.163. The number of nitrogens with zero attached hydrogens (tertiary/aromatic N) is 1. The molecule has 4 nitrogen and oxygen atoms in total. The number of rotatable bonds is 7. The van der Waals surface area contributed by atoms with Crippen molar-refractivity contribution in [1.82, 2.24) is 4.90 Å². The van der Waals surface area contributed by atoms with Crippen LogP contribution >= 0.6 is 22.6 Å². The van der Waals surface area contributed by atoms with Crippen LogP contribution in [0.2, 0.25) is 0 Å². The molecule has 1 aromatic carbocycles. The zero-order chi connectivity index (χ0) is 12.7. The van der Waals surface area contributed by atoms with E-state index < -0.39 is 0 Å². The monoisotopic (exact) mass is 349 g/mol. The maximum atomic E-state index is 5.92. The fraction of sp³-hybridized carbons (Fsp3) is 0.500. The molecule has 0 saturated carbocycles. The summed E-state index contributed by atoms with van der Waals surface area (Å²) in [5, 5.41) is 3.34. The molecule has 17 heavy (non-hydrogen) atoms. The van der Waals surface area contributed by atoms with Gasteiger partial charge in [0, 0.05) is 30.3 Å². The van der Waals surface area contributed by atoms with Crippen LogP contribution < -0.4 is 11.1 Å². The minimum absolute atomic E-state index is 0.766. The summed E-state index contributed by atoms with van der Waals surface area (Å²) in [4.78, 5) is 2.22. The van der Waals surface area contributed by atoms with Crippen LogP contribution in [0.1, 0.15) is 0 Å². The second kappa shape index (κ2) is 7.73. The number of methoxy groups -OCH3 is 1. The van der Waals surface area contributed by atoms with Gasteiger partial charge in [0.05, 0.1) is 18.0 Å². The largest absolute Gasteiger partial charge is 0.397 e. The zero-order valence-electron chi connectivity index (χ0n) is 10.4. The Labute approximate surface area is 117 Å². The molecule has 1 rings (SSSR count). The summed E-state index contributed by atoms with van der Waals surface area (Å²) in [5.74, 6) is 0. The minimum Gasteiger partial charge on any atom is -0.397 e. The molecule has 0 fully saturated rings. The molecule has 0 bridgehead atoms. The zero-order valence-corrected chi connectivity index (χ0v) is 12.5. The van der Waals surface area contributed by atoms with Crippen molar-refractivity contribution >= 4 is 34.0 Å². The summed E-state index contributed by atoms with van der Waals surface area (Å²) >= 11 is 2.26. The first-order valence-corrected chi connectivity index (χ1v) is 6.67. The average molecular weight is 349 g/mol. The van der Waals surface area contributed by atoms with Crippen molar-refractivity contribution in [3.8, 4) is 0 Å². The van der Waals surface area contributed by atoms with Crippen LogP contribution in [0.4, 0.5) is 11.4 Å². The van der Waals surface area contributed by atoms with E-state index in [1.807, 2.05) is 18.2 Å². The van der Waals surface area contributed by atoms with E-state index in [2.05, 4.69) is 39.9 Å². The van der Waals surface area contributed by atoms with Crippen molar-refractivity contribution in [3.05, 3.63) is 21.8 Å². The third-order valence-corrected chi connectivity index (χ3v) is 3.17. The van der Waals surface area contributed by atoms with E-state index in [9.17, 15) is 0 Å². The molecule has 0 heterocycles. The van der Waals surface area contributed by atoms with Gasteiger partial charge in [0.15, 0.2) is 0 Å². The number of nitrogen functional groups attached to an aromatic ring is 1. The molecular weight excluding hydrogens is 329 g/mol. The lowest BCUT2D eigenvalue weighted by atomic mass is 10.2. The SMILES string of the molecule is COCCN(C)CCNc1ccc(I)cc1N. The molecule has 5 heteroatoms. The van der Waals surface area contributed by atoms with E-state index in [-0.39, 0.29) is 0 Å². The van der Waals surface area contributed by atoms with Gasteiger partial charge in [0.25, 0.3) is 0 Å². The fourth-order valence-electron chi connectivity index (χ4n) is 1.43. The van der Waals surface area contributed by atoms with Crippen LogP contribution in [0.15, 0.2) is 18.2 Å². The highest BCUT2D eigenvalue weighted by Gasteiger charge is 2.00. The Morgan fingerprint density at radius 2 is 2.18 bits per heavy atom. The topological polar surface area (TPSA) is 50.5 Å². The van der Waals surface area contributed by atoms with Gasteiger partial charge in [-0.3, -0.25) is 0 Å². The van der Waals surface area contributed by atoms with Crippen LogP contribution in [0, 0.1) is 3.57 Å². The van der Waals surface area contributed by atoms with Crippen molar-refractivity contribution in [2.24, 2.45) is 0 Å². The summed E-state index contributed by atoms with van der Waals surface area (Å²) < 4.78 is 6.18. The third-order valence-electron chi connectivity index (χ3n) is 2.50. The molecule has 0 aliphatic heterocycles. The van der Waals surface area contributed by atoms with E-state index in [1.54, 1.807) is 7.11 Å². The van der Waals surface area contributed by atoms with Crippen LogP contribution in [-0.4, -0.2) is 45.3 Å². The van der Waals surface area contributed by atoms with Gasteiger partial charge in [0.1, 0.15) is 0 Å². The number of hydrogen-bond acceptors (Lipinski definition) is 4. The molecule has 1 aromatic rings. The Hall–Kier alpha value is -0.530. The van der Waals surface area contributed by atoms with Gasteiger partial charge in [-0.15, -0.1) is 0 Å². The van der Waals surface area contributed by atoms with Crippen LogP contribution in [0.3, 0.4) is 0 Å². The highest BCUT2D eigenvalue weighted by molar-refractivity contribution is 14.1. The molecule has 96 valence electrons. The van der Waals surface area contributed by atoms with E-state index in [0.717, 1.165) is 41.2 Å². The Morgan fingerprint density at radius 3 is 2.82 bits per heavy atom. The number of halogens is 1. The summed E-state index contributed by atoms with van der Waals surface area (Å²) in [5.41, 5.74) is 7.72. The summed E-state index contributed by atoms with van der Waals surface area (Å²) in [6, 6.07) is 6.04. The number of anilines is 2. The fourth-order valence-corrected chi connectivity index (χ4v) is 1.95. The molecule has 0 aliphatic rings. The molecular formula is C12H20IN3O. The molecule has 0 aromatic heterocycles. The molecule has 0 atom stereocenters. The Balaban J connectivity index is 2.30. The van der Waals surface area contributed by atoms with Gasteiger partial charge in [-0.05, 0) is 47.8 Å². The van der Waals surface area contributed by atoms with E-state index in [0.29, 0.717) is 0 Å². The number of nitrogens with one attached hydrogen (secondary N) is 1. The summed E-state index contributed by atoms with van der Waals surface area (Å²) in [7, 11) is 3.80. The molecule has 0 saturated heterocycles. The van der Waals surface area contributed by atoms with Gasteiger partial charge in [-0.1, -0.05) is 0 Å². The van der Waals surface area contributed by atoms with Gasteiger partial charge in [-0.25, -0.2) is 0 Å². The number of ether oxygens (including phenoxy) is 1. The predicted molar refractivity (Wildman–Crippen MR) is 81.4 cm³/mol. The number of nitrogens with two attached hydrogens (primary N) is 1. The highest BCUT2D eigenvalue weighted by atomic mass is 127. The molecule has 0 amide bonds. The van der Waals surface area contributed by atoms with Gasteiger partial charge < -0.3 is 20.7 Å². The minimum atomic E-state index is 0.766. The quantitative estimate of drug-likeness (QED) is 0.583. The molecule has 0 spiro atoms.